The van der Waals surface area contributed by atoms with Crippen LogP contribution >= 0.6 is 0 Å². The second-order valence-corrected chi connectivity index (χ2v) is 8.45. The molecule has 0 bridgehead atoms. The molecule has 0 aliphatic rings. The Morgan fingerprint density at radius 3 is 1.53 bits per heavy atom. The Morgan fingerprint density at radius 2 is 0.938 bits per heavy atom. The quantitative estimate of drug-likeness (QED) is 0.284. The van der Waals surface area contributed by atoms with Crippen LogP contribution in [0.4, 0.5) is 0 Å². The molecule has 0 saturated carbocycles. The molecule has 0 amide bonds. The normalized spacial score (nSPS) is 11.4. The van der Waals surface area contributed by atoms with Gasteiger partial charge in [-0.25, -0.2) is 0 Å². The van der Waals surface area contributed by atoms with Crippen LogP contribution in [0.1, 0.15) is 5.56 Å². The first-order valence-electron chi connectivity index (χ1n) is 10.9. The molecule has 0 atom stereocenters. The lowest BCUT2D eigenvalue weighted by Gasteiger charge is -2.18. The van der Waals surface area contributed by atoms with Gasteiger partial charge in [-0.3, -0.25) is 0 Å². The third kappa shape index (κ3) is 2.94. The fourth-order valence-corrected chi connectivity index (χ4v) is 4.86. The molecule has 32 heavy (non-hydrogen) atoms. The van der Waals surface area contributed by atoms with E-state index in [0.29, 0.717) is 5.75 Å². The van der Waals surface area contributed by atoms with Gasteiger partial charge in [0.05, 0.1) is 0 Å². The van der Waals surface area contributed by atoms with Crippen molar-refractivity contribution in [2.24, 2.45) is 0 Å². The van der Waals surface area contributed by atoms with Crippen molar-refractivity contribution in [1.82, 2.24) is 0 Å². The molecule has 6 aromatic rings. The average molecular weight is 411 g/mol. The predicted octanol–water partition coefficient (Wildman–Crippen LogP) is 8.49. The van der Waals surface area contributed by atoms with E-state index in [4.69, 9.17) is 0 Å². The molecule has 0 aliphatic carbocycles. The van der Waals surface area contributed by atoms with E-state index in [1.54, 1.807) is 6.07 Å². The molecule has 152 valence electrons. The number of phenolic OH excluding ortho intramolecular Hbond substituents is 1. The van der Waals surface area contributed by atoms with Crippen LogP contribution in [0, 0.1) is 6.92 Å². The summed E-state index contributed by atoms with van der Waals surface area (Å²) in [5.74, 6) is 0.295. The SMILES string of the molecule is Cc1ccc(-c2c3ccccc3c(-c3ccc4cc(O)ccc4c3)c3ccccc23)cc1. The topological polar surface area (TPSA) is 20.2 Å². The molecular formula is C31H22O. The maximum Gasteiger partial charge on any atom is 0.116 e. The van der Waals surface area contributed by atoms with Gasteiger partial charge in [0.2, 0.25) is 0 Å². The van der Waals surface area contributed by atoms with Crippen molar-refractivity contribution < 1.29 is 5.11 Å². The number of aryl methyl sites for hydroxylation is 1. The molecular weight excluding hydrogens is 388 g/mol. The number of hydrogen-bond acceptors (Lipinski definition) is 1. The molecule has 0 unspecified atom stereocenters. The van der Waals surface area contributed by atoms with Gasteiger partial charge in [-0.05, 0) is 79.7 Å². The third-order valence-electron chi connectivity index (χ3n) is 6.38. The van der Waals surface area contributed by atoms with E-state index < -0.39 is 0 Å². The van der Waals surface area contributed by atoms with Gasteiger partial charge in [0.25, 0.3) is 0 Å². The lowest BCUT2D eigenvalue weighted by Crippen LogP contribution is -1.91. The van der Waals surface area contributed by atoms with E-state index in [9.17, 15) is 5.11 Å². The second-order valence-electron chi connectivity index (χ2n) is 8.45. The van der Waals surface area contributed by atoms with Crippen LogP contribution in [0.2, 0.25) is 0 Å². The van der Waals surface area contributed by atoms with Crippen molar-refractivity contribution in [3.05, 3.63) is 115 Å². The molecule has 0 aromatic heterocycles. The Labute approximate surface area is 187 Å². The molecule has 0 radical (unpaired) electrons. The van der Waals surface area contributed by atoms with E-state index in [2.05, 4.69) is 97.9 Å². The summed E-state index contributed by atoms with van der Waals surface area (Å²) in [6.45, 7) is 2.13. The fourth-order valence-electron chi connectivity index (χ4n) is 4.86. The van der Waals surface area contributed by atoms with Gasteiger partial charge in [-0.2, -0.15) is 0 Å². The van der Waals surface area contributed by atoms with Gasteiger partial charge < -0.3 is 5.11 Å². The van der Waals surface area contributed by atoms with E-state index >= 15 is 0 Å². The summed E-state index contributed by atoms with van der Waals surface area (Å²) in [5.41, 5.74) is 6.23. The number of rotatable bonds is 2. The third-order valence-corrected chi connectivity index (χ3v) is 6.38. The molecule has 0 heterocycles. The highest BCUT2D eigenvalue weighted by molar-refractivity contribution is 6.21. The first kappa shape index (κ1) is 18.7. The smallest absolute Gasteiger partial charge is 0.116 e. The molecule has 0 fully saturated rings. The standard InChI is InChI=1S/C31H22O/c1-20-10-12-21(13-11-20)30-26-6-2-4-8-28(26)31(29-9-5-3-7-27(29)30)24-15-14-23-19-25(32)17-16-22(23)18-24/h2-19,32H,1H3. The Hall–Kier alpha value is -4.10. The first-order valence-corrected chi connectivity index (χ1v) is 10.9. The summed E-state index contributed by atoms with van der Waals surface area (Å²) >= 11 is 0. The average Bonchev–Trinajstić information content (AvgIpc) is 2.83. The van der Waals surface area contributed by atoms with Gasteiger partial charge in [-0.1, -0.05) is 96.6 Å². The molecule has 1 heteroatoms. The monoisotopic (exact) mass is 410 g/mol. The Morgan fingerprint density at radius 1 is 0.469 bits per heavy atom. The van der Waals surface area contributed by atoms with Gasteiger partial charge >= 0.3 is 0 Å². The summed E-state index contributed by atoms with van der Waals surface area (Å²) in [6.07, 6.45) is 0. The Balaban J connectivity index is 1.74. The summed E-state index contributed by atoms with van der Waals surface area (Å²) in [6, 6.07) is 38.3. The molecule has 0 saturated heterocycles. The molecule has 0 spiro atoms. The van der Waals surface area contributed by atoms with Crippen LogP contribution in [-0.4, -0.2) is 5.11 Å². The zero-order chi connectivity index (χ0) is 21.7. The minimum atomic E-state index is 0.295. The second kappa shape index (κ2) is 7.25. The summed E-state index contributed by atoms with van der Waals surface area (Å²) in [4.78, 5) is 0. The highest BCUT2D eigenvalue weighted by Gasteiger charge is 2.16. The number of hydrogen-bond donors (Lipinski definition) is 1. The van der Waals surface area contributed by atoms with Crippen molar-refractivity contribution in [2.75, 3.05) is 0 Å². The highest BCUT2D eigenvalue weighted by atomic mass is 16.3. The Kier molecular flexibility index (Phi) is 4.22. The summed E-state index contributed by atoms with van der Waals surface area (Å²) in [7, 11) is 0. The molecule has 6 aromatic carbocycles. The number of fused-ring (bicyclic) bond motifs is 3. The van der Waals surface area contributed by atoms with Crippen molar-refractivity contribution in [2.45, 2.75) is 6.92 Å². The van der Waals surface area contributed by atoms with E-state index in [1.165, 1.54) is 49.4 Å². The minimum absolute atomic E-state index is 0.295. The van der Waals surface area contributed by atoms with Crippen LogP contribution in [0.25, 0.3) is 54.6 Å². The van der Waals surface area contributed by atoms with Crippen LogP contribution in [0.5, 0.6) is 5.75 Å². The fraction of sp³-hybridized carbons (Fsp3) is 0.0323. The molecule has 1 N–H and O–H groups in total. The maximum absolute atomic E-state index is 9.86. The van der Waals surface area contributed by atoms with Crippen molar-refractivity contribution in [3.63, 3.8) is 0 Å². The van der Waals surface area contributed by atoms with Gasteiger partial charge in [0.1, 0.15) is 5.75 Å². The zero-order valence-corrected chi connectivity index (χ0v) is 17.8. The zero-order valence-electron chi connectivity index (χ0n) is 17.8. The minimum Gasteiger partial charge on any atom is -0.508 e. The number of benzene rings is 6. The van der Waals surface area contributed by atoms with Crippen LogP contribution in [0.3, 0.4) is 0 Å². The number of aromatic hydroxyl groups is 1. The summed E-state index contributed by atoms with van der Waals surface area (Å²) in [5, 5.41) is 17.0. The van der Waals surface area contributed by atoms with Crippen molar-refractivity contribution >= 4 is 32.3 Å². The highest BCUT2D eigenvalue weighted by Crippen LogP contribution is 2.44. The largest absolute Gasteiger partial charge is 0.508 e. The molecule has 1 nitrogen and oxygen atoms in total. The lowest BCUT2D eigenvalue weighted by molar-refractivity contribution is 0.476. The molecule has 0 aliphatic heterocycles. The maximum atomic E-state index is 9.86. The van der Waals surface area contributed by atoms with Crippen molar-refractivity contribution in [3.8, 4) is 28.0 Å². The van der Waals surface area contributed by atoms with Gasteiger partial charge in [0.15, 0.2) is 0 Å². The molecule has 6 rings (SSSR count). The lowest BCUT2D eigenvalue weighted by atomic mass is 9.85. The van der Waals surface area contributed by atoms with Crippen LogP contribution in [0.15, 0.2) is 109 Å². The van der Waals surface area contributed by atoms with E-state index in [-0.39, 0.29) is 0 Å². The predicted molar refractivity (Wildman–Crippen MR) is 136 cm³/mol. The van der Waals surface area contributed by atoms with E-state index in [0.717, 1.165) is 10.8 Å². The van der Waals surface area contributed by atoms with Gasteiger partial charge in [-0.15, -0.1) is 0 Å². The van der Waals surface area contributed by atoms with Crippen LogP contribution < -0.4 is 0 Å². The Bertz CT molecular complexity index is 1570. The van der Waals surface area contributed by atoms with Crippen LogP contribution in [-0.2, 0) is 0 Å². The summed E-state index contributed by atoms with van der Waals surface area (Å²) < 4.78 is 0. The number of phenols is 1. The first-order chi connectivity index (χ1) is 15.7. The van der Waals surface area contributed by atoms with Gasteiger partial charge in [0, 0.05) is 0 Å². The van der Waals surface area contributed by atoms with Crippen molar-refractivity contribution in [1.29, 1.82) is 0 Å². The van der Waals surface area contributed by atoms with E-state index in [1.807, 2.05) is 12.1 Å².